The number of nitrogens with zero attached hydrogens (tertiary/aromatic N) is 2. The molecule has 0 radical (unpaired) electrons. The molecule has 84 valence electrons. The summed E-state index contributed by atoms with van der Waals surface area (Å²) in [5.74, 6) is 1.38. The molecule has 1 fully saturated rings. The molecule has 1 aliphatic heterocycles. The van der Waals surface area contributed by atoms with Crippen LogP contribution in [0.15, 0.2) is 18.3 Å². The standard InChI is InChI=1S/C12H15N3O/c13-7-11-1-2-12(8-15-11)16-9-10-3-5-14-6-4-10/h1-2,8,10,14H,3-6,9H2. The Labute approximate surface area is 95.3 Å². The number of aromatic nitrogens is 1. The van der Waals surface area contributed by atoms with Gasteiger partial charge >= 0.3 is 0 Å². The topological polar surface area (TPSA) is 57.9 Å². The van der Waals surface area contributed by atoms with E-state index < -0.39 is 0 Å². The smallest absolute Gasteiger partial charge is 0.140 e. The molecule has 1 saturated heterocycles. The Kier molecular flexibility index (Phi) is 3.73. The minimum atomic E-state index is 0.425. The van der Waals surface area contributed by atoms with E-state index in [1.165, 1.54) is 12.8 Å². The number of nitriles is 1. The Morgan fingerprint density at radius 2 is 2.25 bits per heavy atom. The third kappa shape index (κ3) is 2.94. The lowest BCUT2D eigenvalue weighted by atomic mass is 9.99. The first-order chi connectivity index (χ1) is 7.88. The summed E-state index contributed by atoms with van der Waals surface area (Å²) < 4.78 is 5.65. The van der Waals surface area contributed by atoms with Gasteiger partial charge in [0.2, 0.25) is 0 Å². The number of hydrogen-bond acceptors (Lipinski definition) is 4. The van der Waals surface area contributed by atoms with Crippen LogP contribution in [0, 0.1) is 17.2 Å². The molecule has 1 aliphatic rings. The van der Waals surface area contributed by atoms with E-state index in [0.29, 0.717) is 11.6 Å². The first kappa shape index (κ1) is 10.9. The summed E-state index contributed by atoms with van der Waals surface area (Å²) in [5.41, 5.74) is 0.425. The summed E-state index contributed by atoms with van der Waals surface area (Å²) in [4.78, 5) is 3.96. The van der Waals surface area contributed by atoms with Gasteiger partial charge in [-0.15, -0.1) is 0 Å². The van der Waals surface area contributed by atoms with Crippen molar-refractivity contribution in [2.45, 2.75) is 12.8 Å². The molecule has 2 heterocycles. The van der Waals surface area contributed by atoms with Crippen LogP contribution in [-0.4, -0.2) is 24.7 Å². The summed E-state index contributed by atoms with van der Waals surface area (Å²) in [5, 5.41) is 11.9. The fraction of sp³-hybridized carbons (Fsp3) is 0.500. The van der Waals surface area contributed by atoms with Crippen molar-refractivity contribution < 1.29 is 4.74 Å². The summed E-state index contributed by atoms with van der Waals surface area (Å²) in [6.45, 7) is 2.91. The van der Waals surface area contributed by atoms with E-state index in [0.717, 1.165) is 25.4 Å². The number of hydrogen-bond donors (Lipinski definition) is 1. The number of rotatable bonds is 3. The highest BCUT2D eigenvalue weighted by Gasteiger charge is 2.13. The van der Waals surface area contributed by atoms with Gasteiger partial charge in [0, 0.05) is 0 Å². The van der Waals surface area contributed by atoms with Gasteiger partial charge in [0.05, 0.1) is 12.8 Å². The van der Waals surface area contributed by atoms with Crippen molar-refractivity contribution in [3.05, 3.63) is 24.0 Å². The van der Waals surface area contributed by atoms with Crippen LogP contribution < -0.4 is 10.1 Å². The van der Waals surface area contributed by atoms with Crippen LogP contribution in [0.4, 0.5) is 0 Å². The number of nitrogens with one attached hydrogen (secondary N) is 1. The Bertz CT molecular complexity index is 363. The third-order valence-corrected chi connectivity index (χ3v) is 2.80. The number of piperidine rings is 1. The molecule has 0 atom stereocenters. The van der Waals surface area contributed by atoms with Gasteiger partial charge in [-0.2, -0.15) is 5.26 Å². The van der Waals surface area contributed by atoms with Crippen molar-refractivity contribution in [1.29, 1.82) is 5.26 Å². The van der Waals surface area contributed by atoms with E-state index in [9.17, 15) is 0 Å². The van der Waals surface area contributed by atoms with Crippen molar-refractivity contribution in [3.63, 3.8) is 0 Å². The lowest BCUT2D eigenvalue weighted by Crippen LogP contribution is -2.30. The highest BCUT2D eigenvalue weighted by atomic mass is 16.5. The van der Waals surface area contributed by atoms with Gasteiger partial charge in [-0.05, 0) is 44.0 Å². The summed E-state index contributed by atoms with van der Waals surface area (Å²) >= 11 is 0. The molecule has 0 saturated carbocycles. The molecule has 1 N–H and O–H groups in total. The molecule has 4 heteroatoms. The maximum absolute atomic E-state index is 8.60. The second kappa shape index (κ2) is 5.47. The zero-order chi connectivity index (χ0) is 11.2. The van der Waals surface area contributed by atoms with Crippen LogP contribution in [0.5, 0.6) is 5.75 Å². The normalized spacial score (nSPS) is 16.7. The quantitative estimate of drug-likeness (QED) is 0.829. The third-order valence-electron chi connectivity index (χ3n) is 2.80. The predicted molar refractivity (Wildman–Crippen MR) is 60.0 cm³/mol. The van der Waals surface area contributed by atoms with Crippen molar-refractivity contribution in [2.75, 3.05) is 19.7 Å². The van der Waals surface area contributed by atoms with E-state index >= 15 is 0 Å². The Hall–Kier alpha value is -1.60. The van der Waals surface area contributed by atoms with Crippen LogP contribution in [0.1, 0.15) is 18.5 Å². The zero-order valence-electron chi connectivity index (χ0n) is 9.15. The minimum Gasteiger partial charge on any atom is -0.492 e. The van der Waals surface area contributed by atoms with Gasteiger partial charge in [0.15, 0.2) is 0 Å². The van der Waals surface area contributed by atoms with Crippen molar-refractivity contribution in [3.8, 4) is 11.8 Å². The van der Waals surface area contributed by atoms with E-state index in [1.807, 2.05) is 6.07 Å². The second-order valence-corrected chi connectivity index (χ2v) is 4.00. The van der Waals surface area contributed by atoms with Crippen LogP contribution in [0.3, 0.4) is 0 Å². The number of pyridine rings is 1. The summed E-state index contributed by atoms with van der Waals surface area (Å²) in [6.07, 6.45) is 3.95. The van der Waals surface area contributed by atoms with Gasteiger partial charge < -0.3 is 10.1 Å². The molecule has 16 heavy (non-hydrogen) atoms. The number of ether oxygens (including phenoxy) is 1. The molecule has 2 rings (SSSR count). The van der Waals surface area contributed by atoms with Gasteiger partial charge in [-0.25, -0.2) is 4.98 Å². The van der Waals surface area contributed by atoms with Gasteiger partial charge in [-0.1, -0.05) is 0 Å². The fourth-order valence-corrected chi connectivity index (χ4v) is 1.79. The van der Waals surface area contributed by atoms with Gasteiger partial charge in [0.25, 0.3) is 0 Å². The predicted octanol–water partition coefficient (Wildman–Crippen LogP) is 1.33. The second-order valence-electron chi connectivity index (χ2n) is 4.00. The first-order valence-corrected chi connectivity index (χ1v) is 5.58. The maximum atomic E-state index is 8.60. The lowest BCUT2D eigenvalue weighted by molar-refractivity contribution is 0.214. The monoisotopic (exact) mass is 217 g/mol. The van der Waals surface area contributed by atoms with E-state index in [-0.39, 0.29) is 0 Å². The van der Waals surface area contributed by atoms with Crippen molar-refractivity contribution >= 4 is 0 Å². The molecule has 0 aliphatic carbocycles. The van der Waals surface area contributed by atoms with Gasteiger partial charge in [0.1, 0.15) is 17.5 Å². The van der Waals surface area contributed by atoms with Crippen molar-refractivity contribution in [1.82, 2.24) is 10.3 Å². The fourth-order valence-electron chi connectivity index (χ4n) is 1.79. The Balaban J connectivity index is 1.82. The van der Waals surface area contributed by atoms with E-state index in [4.69, 9.17) is 10.00 Å². The average molecular weight is 217 g/mol. The molecule has 1 aromatic rings. The molecular formula is C12H15N3O. The van der Waals surface area contributed by atoms with E-state index in [2.05, 4.69) is 10.3 Å². The molecule has 4 nitrogen and oxygen atoms in total. The van der Waals surface area contributed by atoms with Gasteiger partial charge in [-0.3, -0.25) is 0 Å². The zero-order valence-corrected chi connectivity index (χ0v) is 9.15. The highest BCUT2D eigenvalue weighted by Crippen LogP contribution is 2.15. The minimum absolute atomic E-state index is 0.425. The Morgan fingerprint density at radius 3 is 2.88 bits per heavy atom. The molecular weight excluding hydrogens is 202 g/mol. The highest BCUT2D eigenvalue weighted by molar-refractivity contribution is 5.26. The van der Waals surface area contributed by atoms with Crippen LogP contribution >= 0.6 is 0 Å². The van der Waals surface area contributed by atoms with Crippen LogP contribution in [-0.2, 0) is 0 Å². The molecule has 1 aromatic heterocycles. The molecule has 0 unspecified atom stereocenters. The molecule has 0 aromatic carbocycles. The average Bonchev–Trinajstić information content (AvgIpc) is 2.38. The first-order valence-electron chi connectivity index (χ1n) is 5.58. The largest absolute Gasteiger partial charge is 0.492 e. The SMILES string of the molecule is N#Cc1ccc(OCC2CCNCC2)cn1. The lowest BCUT2D eigenvalue weighted by Gasteiger charge is -2.22. The van der Waals surface area contributed by atoms with Crippen molar-refractivity contribution in [2.24, 2.45) is 5.92 Å². The summed E-state index contributed by atoms with van der Waals surface area (Å²) in [7, 11) is 0. The molecule has 0 bridgehead atoms. The van der Waals surface area contributed by atoms with Crippen LogP contribution in [0.25, 0.3) is 0 Å². The Morgan fingerprint density at radius 1 is 1.44 bits per heavy atom. The maximum Gasteiger partial charge on any atom is 0.140 e. The van der Waals surface area contributed by atoms with Crippen LogP contribution in [0.2, 0.25) is 0 Å². The molecule has 0 spiro atoms. The molecule has 0 amide bonds. The van der Waals surface area contributed by atoms with E-state index in [1.54, 1.807) is 18.3 Å². The summed E-state index contributed by atoms with van der Waals surface area (Å²) in [6, 6.07) is 5.46.